The lowest BCUT2D eigenvalue weighted by atomic mass is 9.89. The Hall–Kier alpha value is -1.03. The van der Waals surface area contributed by atoms with Crippen molar-refractivity contribution >= 4 is 0 Å². The molecule has 1 N–H and O–H groups in total. The molecule has 0 atom stereocenters. The third-order valence-corrected chi connectivity index (χ3v) is 3.77. The van der Waals surface area contributed by atoms with Crippen molar-refractivity contribution < 1.29 is 13.2 Å². The van der Waals surface area contributed by atoms with Gasteiger partial charge >= 0.3 is 6.18 Å². The van der Waals surface area contributed by atoms with Gasteiger partial charge in [-0.1, -0.05) is 31.4 Å². The molecule has 1 saturated carbocycles. The van der Waals surface area contributed by atoms with E-state index in [-0.39, 0.29) is 0 Å². The van der Waals surface area contributed by atoms with E-state index in [1.807, 2.05) is 0 Å². The molecule has 1 aliphatic carbocycles. The summed E-state index contributed by atoms with van der Waals surface area (Å²) in [6, 6.07) is 5.41. The largest absolute Gasteiger partial charge is 0.416 e. The van der Waals surface area contributed by atoms with Crippen LogP contribution in [0.25, 0.3) is 0 Å². The Morgan fingerprint density at radius 3 is 2.21 bits per heavy atom. The van der Waals surface area contributed by atoms with Crippen LogP contribution in [-0.2, 0) is 12.7 Å². The van der Waals surface area contributed by atoms with E-state index in [0.717, 1.165) is 30.2 Å². The number of nitrogens with one attached hydrogen (secondary N) is 1. The minimum Gasteiger partial charge on any atom is -0.312 e. The van der Waals surface area contributed by atoms with Crippen molar-refractivity contribution in [2.24, 2.45) is 5.92 Å². The lowest BCUT2D eigenvalue weighted by Gasteiger charge is -2.21. The molecule has 0 bridgehead atoms. The average Bonchev–Trinajstić information content (AvgIpc) is 2.39. The van der Waals surface area contributed by atoms with Crippen molar-refractivity contribution in [2.75, 3.05) is 6.54 Å². The summed E-state index contributed by atoms with van der Waals surface area (Å²) in [7, 11) is 0. The van der Waals surface area contributed by atoms with E-state index < -0.39 is 11.7 Å². The Morgan fingerprint density at radius 2 is 1.63 bits per heavy atom. The fourth-order valence-corrected chi connectivity index (χ4v) is 2.62. The van der Waals surface area contributed by atoms with E-state index in [1.165, 1.54) is 32.1 Å². The Balaban J connectivity index is 1.76. The van der Waals surface area contributed by atoms with E-state index in [2.05, 4.69) is 5.32 Å². The van der Waals surface area contributed by atoms with Crippen molar-refractivity contribution in [3.63, 3.8) is 0 Å². The molecule has 1 aromatic rings. The van der Waals surface area contributed by atoms with Gasteiger partial charge in [0.05, 0.1) is 5.56 Å². The molecule has 0 aliphatic heterocycles. The molecule has 106 valence electrons. The standard InChI is InChI=1S/C15H20F3N/c16-15(17,18)14-8-6-13(7-9-14)11-19-10-12-4-2-1-3-5-12/h6-9,12,19H,1-5,10-11H2. The molecule has 0 amide bonds. The molecule has 1 fully saturated rings. The second-order valence-corrected chi connectivity index (χ2v) is 5.33. The predicted molar refractivity (Wildman–Crippen MR) is 69.7 cm³/mol. The Bertz CT molecular complexity index is 377. The van der Waals surface area contributed by atoms with Crippen LogP contribution in [-0.4, -0.2) is 6.54 Å². The molecule has 4 heteroatoms. The predicted octanol–water partition coefficient (Wildman–Crippen LogP) is 4.38. The molecule has 2 rings (SSSR count). The van der Waals surface area contributed by atoms with Gasteiger partial charge in [0, 0.05) is 6.54 Å². The molecule has 0 radical (unpaired) electrons. The van der Waals surface area contributed by atoms with E-state index in [1.54, 1.807) is 12.1 Å². The smallest absolute Gasteiger partial charge is 0.312 e. The molecule has 1 aromatic carbocycles. The van der Waals surface area contributed by atoms with Crippen LogP contribution in [0, 0.1) is 5.92 Å². The Morgan fingerprint density at radius 1 is 1.00 bits per heavy atom. The van der Waals surface area contributed by atoms with E-state index in [9.17, 15) is 13.2 Å². The molecule has 1 nitrogen and oxygen atoms in total. The Labute approximate surface area is 112 Å². The maximum absolute atomic E-state index is 12.4. The van der Waals surface area contributed by atoms with Gasteiger partial charge in [-0.05, 0) is 43.0 Å². The van der Waals surface area contributed by atoms with Gasteiger partial charge in [-0.25, -0.2) is 0 Å². The van der Waals surface area contributed by atoms with Crippen LogP contribution in [0.2, 0.25) is 0 Å². The van der Waals surface area contributed by atoms with Gasteiger partial charge in [-0.15, -0.1) is 0 Å². The minimum absolute atomic E-state index is 0.580. The summed E-state index contributed by atoms with van der Waals surface area (Å²) < 4.78 is 37.2. The first-order chi connectivity index (χ1) is 9.05. The molecule has 0 spiro atoms. The second kappa shape index (κ2) is 6.42. The summed E-state index contributed by atoms with van der Waals surface area (Å²) >= 11 is 0. The molecule has 1 aliphatic rings. The van der Waals surface area contributed by atoms with Crippen LogP contribution in [0.1, 0.15) is 43.2 Å². The fourth-order valence-electron chi connectivity index (χ4n) is 2.62. The Kier molecular flexibility index (Phi) is 4.86. The lowest BCUT2D eigenvalue weighted by Crippen LogP contribution is -2.24. The first-order valence-corrected chi connectivity index (χ1v) is 6.92. The highest BCUT2D eigenvalue weighted by molar-refractivity contribution is 5.24. The highest BCUT2D eigenvalue weighted by Gasteiger charge is 2.29. The van der Waals surface area contributed by atoms with Crippen LogP contribution in [0.3, 0.4) is 0 Å². The number of hydrogen-bond donors (Lipinski definition) is 1. The van der Waals surface area contributed by atoms with Crippen LogP contribution in [0.5, 0.6) is 0 Å². The quantitative estimate of drug-likeness (QED) is 0.857. The monoisotopic (exact) mass is 271 g/mol. The number of benzene rings is 1. The zero-order chi connectivity index (χ0) is 13.7. The summed E-state index contributed by atoms with van der Waals surface area (Å²) in [5.74, 6) is 0.739. The molecule has 0 saturated heterocycles. The van der Waals surface area contributed by atoms with Crippen LogP contribution < -0.4 is 5.32 Å². The molecule has 0 heterocycles. The average molecular weight is 271 g/mol. The van der Waals surface area contributed by atoms with Crippen LogP contribution in [0.4, 0.5) is 13.2 Å². The third kappa shape index (κ3) is 4.53. The van der Waals surface area contributed by atoms with E-state index >= 15 is 0 Å². The zero-order valence-corrected chi connectivity index (χ0v) is 11.0. The van der Waals surface area contributed by atoms with E-state index in [4.69, 9.17) is 0 Å². The topological polar surface area (TPSA) is 12.0 Å². The second-order valence-electron chi connectivity index (χ2n) is 5.33. The van der Waals surface area contributed by atoms with Gasteiger partial charge in [-0.3, -0.25) is 0 Å². The highest BCUT2D eigenvalue weighted by Crippen LogP contribution is 2.29. The molecular weight excluding hydrogens is 251 g/mol. The van der Waals surface area contributed by atoms with Crippen molar-refractivity contribution in [1.29, 1.82) is 0 Å². The van der Waals surface area contributed by atoms with Crippen molar-refractivity contribution in [2.45, 2.75) is 44.8 Å². The molecular formula is C15H20F3N. The number of rotatable bonds is 4. The SMILES string of the molecule is FC(F)(F)c1ccc(CNCC2CCCCC2)cc1. The van der Waals surface area contributed by atoms with Crippen molar-refractivity contribution in [1.82, 2.24) is 5.32 Å². The van der Waals surface area contributed by atoms with Crippen LogP contribution >= 0.6 is 0 Å². The maximum Gasteiger partial charge on any atom is 0.416 e. The summed E-state index contributed by atoms with van der Waals surface area (Å²) in [6.45, 7) is 1.62. The summed E-state index contributed by atoms with van der Waals surface area (Å²) in [4.78, 5) is 0. The highest BCUT2D eigenvalue weighted by atomic mass is 19.4. The lowest BCUT2D eigenvalue weighted by molar-refractivity contribution is -0.137. The number of hydrogen-bond acceptors (Lipinski definition) is 1. The van der Waals surface area contributed by atoms with Gasteiger partial charge in [0.25, 0.3) is 0 Å². The number of halogens is 3. The van der Waals surface area contributed by atoms with E-state index in [0.29, 0.717) is 6.54 Å². The van der Waals surface area contributed by atoms with Gasteiger partial charge in [0.1, 0.15) is 0 Å². The normalized spacial score (nSPS) is 17.6. The van der Waals surface area contributed by atoms with Gasteiger partial charge in [0.15, 0.2) is 0 Å². The van der Waals surface area contributed by atoms with Crippen LogP contribution in [0.15, 0.2) is 24.3 Å². The maximum atomic E-state index is 12.4. The van der Waals surface area contributed by atoms with Crippen molar-refractivity contribution in [3.8, 4) is 0 Å². The zero-order valence-electron chi connectivity index (χ0n) is 11.0. The fraction of sp³-hybridized carbons (Fsp3) is 0.600. The van der Waals surface area contributed by atoms with Crippen molar-refractivity contribution in [3.05, 3.63) is 35.4 Å². The summed E-state index contributed by atoms with van der Waals surface area (Å²) in [6.07, 6.45) is 2.28. The number of alkyl halides is 3. The minimum atomic E-state index is -4.24. The summed E-state index contributed by atoms with van der Waals surface area (Å²) in [5, 5.41) is 3.35. The van der Waals surface area contributed by atoms with Gasteiger partial charge in [-0.2, -0.15) is 13.2 Å². The van der Waals surface area contributed by atoms with Gasteiger partial charge in [0.2, 0.25) is 0 Å². The summed E-state index contributed by atoms with van der Waals surface area (Å²) in [5.41, 5.74) is 0.326. The molecule has 0 aromatic heterocycles. The van der Waals surface area contributed by atoms with Gasteiger partial charge < -0.3 is 5.32 Å². The molecule has 19 heavy (non-hydrogen) atoms. The molecule has 0 unspecified atom stereocenters. The third-order valence-electron chi connectivity index (χ3n) is 3.77. The first-order valence-electron chi connectivity index (χ1n) is 6.92. The first kappa shape index (κ1) is 14.4.